The van der Waals surface area contributed by atoms with E-state index in [-0.39, 0.29) is 17.6 Å². The van der Waals surface area contributed by atoms with Crippen molar-refractivity contribution in [1.29, 1.82) is 5.41 Å². The number of carboxylic acids is 1. The molecular weight excluding hydrogens is 422 g/mol. The summed E-state index contributed by atoms with van der Waals surface area (Å²) in [5.74, 6) is -2.42. The third-order valence-electron chi connectivity index (χ3n) is 4.40. The van der Waals surface area contributed by atoms with Crippen LogP contribution >= 0.6 is 0 Å². The van der Waals surface area contributed by atoms with Crippen LogP contribution in [0.1, 0.15) is 26.3 Å². The number of rotatable bonds is 7. The zero-order chi connectivity index (χ0) is 23.8. The molecule has 33 heavy (non-hydrogen) atoms. The molecule has 3 aromatic rings. The van der Waals surface area contributed by atoms with Gasteiger partial charge in [-0.2, -0.15) is 0 Å². The largest absolute Gasteiger partial charge is 0.477 e. The fourth-order valence-corrected chi connectivity index (χ4v) is 2.86. The van der Waals surface area contributed by atoms with Gasteiger partial charge in [0, 0.05) is 22.5 Å². The minimum Gasteiger partial charge on any atom is -0.477 e. The molecule has 0 aromatic heterocycles. The number of hydrogen-bond donors (Lipinski definition) is 6. The van der Waals surface area contributed by atoms with Crippen LogP contribution in [0.3, 0.4) is 0 Å². The Labute approximate surface area is 189 Å². The first-order valence-corrected chi connectivity index (χ1v) is 9.76. The topological polar surface area (TPSA) is 157 Å². The summed E-state index contributed by atoms with van der Waals surface area (Å²) in [4.78, 5) is 36.3. The second-order valence-electron chi connectivity index (χ2n) is 6.88. The van der Waals surface area contributed by atoms with Gasteiger partial charge >= 0.3 is 5.97 Å². The van der Waals surface area contributed by atoms with Gasteiger partial charge in [0.05, 0.1) is 0 Å². The maximum Gasteiger partial charge on any atom is 0.352 e. The highest BCUT2D eigenvalue weighted by Gasteiger charge is 2.13. The van der Waals surface area contributed by atoms with Gasteiger partial charge in [0.25, 0.3) is 11.8 Å². The van der Waals surface area contributed by atoms with E-state index in [1.54, 1.807) is 78.9 Å². The fourth-order valence-electron chi connectivity index (χ4n) is 2.86. The number of carbonyl (C=O) groups is 3. The van der Waals surface area contributed by atoms with Crippen LogP contribution in [0.25, 0.3) is 6.08 Å². The molecular formula is C24H21N5O4. The fraction of sp³-hybridized carbons (Fsp3) is 0. The summed E-state index contributed by atoms with van der Waals surface area (Å²) in [7, 11) is 0. The van der Waals surface area contributed by atoms with Crippen LogP contribution in [0.5, 0.6) is 0 Å². The quantitative estimate of drug-likeness (QED) is 0.187. The van der Waals surface area contributed by atoms with Gasteiger partial charge in [-0.1, -0.05) is 36.4 Å². The van der Waals surface area contributed by atoms with Gasteiger partial charge in [-0.05, 0) is 54.1 Å². The van der Waals surface area contributed by atoms with Crippen molar-refractivity contribution in [1.82, 2.24) is 5.32 Å². The Morgan fingerprint density at radius 1 is 0.788 bits per heavy atom. The Balaban J connectivity index is 1.70. The number of nitrogens with two attached hydrogens (primary N) is 1. The third kappa shape index (κ3) is 6.53. The van der Waals surface area contributed by atoms with Crippen LogP contribution in [0, 0.1) is 5.41 Å². The van der Waals surface area contributed by atoms with Gasteiger partial charge in [-0.25, -0.2) is 4.79 Å². The van der Waals surface area contributed by atoms with Crippen molar-refractivity contribution in [2.45, 2.75) is 0 Å². The molecule has 0 saturated heterocycles. The lowest BCUT2D eigenvalue weighted by Gasteiger charge is -2.09. The minimum atomic E-state index is -1.28. The number of nitrogens with one attached hydrogen (secondary N) is 4. The van der Waals surface area contributed by atoms with Crippen molar-refractivity contribution in [3.63, 3.8) is 0 Å². The Morgan fingerprint density at radius 3 is 2.09 bits per heavy atom. The number of carbonyl (C=O) groups excluding carboxylic acids is 2. The summed E-state index contributed by atoms with van der Waals surface area (Å²) >= 11 is 0. The predicted octanol–water partition coefficient (Wildman–Crippen LogP) is 3.10. The second-order valence-corrected chi connectivity index (χ2v) is 6.88. The molecule has 3 aromatic carbocycles. The number of guanidine groups is 1. The van der Waals surface area contributed by atoms with Crippen LogP contribution in [-0.4, -0.2) is 28.8 Å². The van der Waals surface area contributed by atoms with E-state index < -0.39 is 11.9 Å². The van der Waals surface area contributed by atoms with E-state index in [1.165, 1.54) is 6.08 Å². The van der Waals surface area contributed by atoms with E-state index in [0.29, 0.717) is 28.1 Å². The lowest BCUT2D eigenvalue weighted by atomic mass is 10.1. The number of aliphatic carboxylic acids is 1. The van der Waals surface area contributed by atoms with Gasteiger partial charge in [0.2, 0.25) is 0 Å². The molecule has 0 aliphatic heterocycles. The van der Waals surface area contributed by atoms with Crippen LogP contribution < -0.4 is 21.7 Å². The van der Waals surface area contributed by atoms with E-state index in [2.05, 4.69) is 16.0 Å². The SMILES string of the molecule is N=C(N)Nc1cccc(C(=O)Nc2ccc(/C=C(\NC(=O)c3ccccc3)C(=O)O)cc2)c1. The van der Waals surface area contributed by atoms with Crippen LogP contribution in [-0.2, 0) is 4.79 Å². The predicted molar refractivity (Wildman–Crippen MR) is 126 cm³/mol. The van der Waals surface area contributed by atoms with Gasteiger partial charge in [-0.15, -0.1) is 0 Å². The Bertz CT molecular complexity index is 1220. The highest BCUT2D eigenvalue weighted by atomic mass is 16.4. The maximum absolute atomic E-state index is 12.5. The normalized spacial score (nSPS) is 10.7. The maximum atomic E-state index is 12.5. The summed E-state index contributed by atoms with van der Waals surface area (Å²) in [6, 6.07) is 21.2. The minimum absolute atomic E-state index is 0.239. The molecule has 9 nitrogen and oxygen atoms in total. The Hall–Kier alpha value is -4.92. The molecule has 0 bridgehead atoms. The summed E-state index contributed by atoms with van der Waals surface area (Å²) in [5.41, 5.74) is 7.25. The number of anilines is 2. The van der Waals surface area contributed by atoms with Crippen molar-refractivity contribution in [3.8, 4) is 0 Å². The van der Waals surface area contributed by atoms with E-state index >= 15 is 0 Å². The van der Waals surface area contributed by atoms with Crippen molar-refractivity contribution in [2.24, 2.45) is 5.73 Å². The van der Waals surface area contributed by atoms with Crippen LogP contribution in [0.15, 0.2) is 84.6 Å². The number of benzene rings is 3. The second kappa shape index (κ2) is 10.4. The number of carboxylic acid groups (broad SMARTS) is 1. The Kier molecular flexibility index (Phi) is 7.17. The van der Waals surface area contributed by atoms with E-state index in [0.717, 1.165) is 0 Å². The lowest BCUT2D eigenvalue weighted by Crippen LogP contribution is -2.27. The molecule has 166 valence electrons. The van der Waals surface area contributed by atoms with Crippen molar-refractivity contribution < 1.29 is 19.5 Å². The van der Waals surface area contributed by atoms with E-state index in [1.807, 2.05) is 0 Å². The molecule has 0 aliphatic carbocycles. The molecule has 0 saturated carbocycles. The number of amides is 2. The highest BCUT2D eigenvalue weighted by Crippen LogP contribution is 2.16. The van der Waals surface area contributed by atoms with E-state index in [9.17, 15) is 19.5 Å². The molecule has 0 aliphatic rings. The van der Waals surface area contributed by atoms with Crippen molar-refractivity contribution in [2.75, 3.05) is 10.6 Å². The molecule has 0 unspecified atom stereocenters. The first kappa shape index (κ1) is 22.8. The zero-order valence-electron chi connectivity index (χ0n) is 17.3. The summed E-state index contributed by atoms with van der Waals surface area (Å²) in [6.07, 6.45) is 1.33. The molecule has 0 radical (unpaired) electrons. The van der Waals surface area contributed by atoms with Gasteiger partial charge < -0.3 is 26.8 Å². The average Bonchev–Trinajstić information content (AvgIpc) is 2.80. The van der Waals surface area contributed by atoms with Gasteiger partial charge in [0.15, 0.2) is 5.96 Å². The van der Waals surface area contributed by atoms with Crippen LogP contribution in [0.4, 0.5) is 11.4 Å². The molecule has 0 fully saturated rings. The summed E-state index contributed by atoms with van der Waals surface area (Å²) < 4.78 is 0. The number of hydrogen-bond acceptors (Lipinski definition) is 4. The standard InChI is InChI=1S/C24H21N5O4/c25-24(26)28-19-8-4-7-17(14-19)22(31)27-18-11-9-15(10-12-18)13-20(23(32)33)29-21(30)16-5-2-1-3-6-16/h1-14H,(H,27,31)(H,29,30)(H,32,33)(H4,25,26,28)/b20-13-. The van der Waals surface area contributed by atoms with Gasteiger partial charge in [0.1, 0.15) is 5.70 Å². The lowest BCUT2D eigenvalue weighted by molar-refractivity contribution is -0.132. The first-order valence-electron chi connectivity index (χ1n) is 9.76. The molecule has 0 heterocycles. The van der Waals surface area contributed by atoms with Crippen molar-refractivity contribution >= 4 is 41.2 Å². The molecule has 9 heteroatoms. The molecule has 0 atom stereocenters. The summed E-state index contributed by atoms with van der Waals surface area (Å²) in [6.45, 7) is 0. The van der Waals surface area contributed by atoms with E-state index in [4.69, 9.17) is 11.1 Å². The Morgan fingerprint density at radius 2 is 1.45 bits per heavy atom. The van der Waals surface area contributed by atoms with Crippen LogP contribution in [0.2, 0.25) is 0 Å². The average molecular weight is 443 g/mol. The molecule has 0 spiro atoms. The zero-order valence-corrected chi connectivity index (χ0v) is 17.3. The highest BCUT2D eigenvalue weighted by molar-refractivity contribution is 6.05. The molecule has 7 N–H and O–H groups in total. The van der Waals surface area contributed by atoms with Crippen molar-refractivity contribution in [3.05, 3.63) is 101 Å². The summed E-state index contributed by atoms with van der Waals surface area (Å²) in [5, 5.41) is 24.5. The molecule has 2 amide bonds. The monoisotopic (exact) mass is 443 g/mol. The molecule has 3 rings (SSSR count). The third-order valence-corrected chi connectivity index (χ3v) is 4.40. The first-order chi connectivity index (χ1) is 15.8. The smallest absolute Gasteiger partial charge is 0.352 e. The van der Waals surface area contributed by atoms with Gasteiger partial charge in [-0.3, -0.25) is 15.0 Å².